The fraction of sp³-hybridized carbons (Fsp3) is 0.474. The van der Waals surface area contributed by atoms with Crippen LogP contribution in [0.25, 0.3) is 0 Å². The number of benzene rings is 1. The first kappa shape index (κ1) is 19.7. The third-order valence-electron chi connectivity index (χ3n) is 4.91. The lowest BCUT2D eigenvalue weighted by Gasteiger charge is -2.36. The quantitative estimate of drug-likeness (QED) is 0.784. The Hall–Kier alpha value is -2.09. The Balaban J connectivity index is 1.58. The zero-order valence-corrected chi connectivity index (χ0v) is 16.4. The molecule has 1 aromatic heterocycles. The van der Waals surface area contributed by atoms with E-state index in [1.54, 1.807) is 25.4 Å². The first-order valence-corrected chi connectivity index (χ1v) is 9.55. The molecule has 0 bridgehead atoms. The number of ether oxygens (including phenoxy) is 1. The predicted molar refractivity (Wildman–Crippen MR) is 108 cm³/mol. The Morgan fingerprint density at radius 1 is 1.30 bits per heavy atom. The molecule has 0 spiro atoms. The van der Waals surface area contributed by atoms with E-state index in [4.69, 9.17) is 16.3 Å². The fourth-order valence-corrected chi connectivity index (χ4v) is 3.64. The number of urea groups is 1. The van der Waals surface area contributed by atoms with Crippen LogP contribution in [-0.2, 0) is 4.74 Å². The monoisotopic (exact) mass is 391 g/mol. The average molecular weight is 392 g/mol. The highest BCUT2D eigenvalue weighted by Crippen LogP contribution is 2.27. The van der Waals surface area contributed by atoms with Crippen molar-refractivity contribution in [3.8, 4) is 0 Å². The molecule has 27 heavy (non-hydrogen) atoms. The third-order valence-corrected chi connectivity index (χ3v) is 5.24. The number of carbonyl (C=O) groups excluding carboxylic acids is 1. The number of anilines is 2. The first-order chi connectivity index (χ1) is 13.1. The van der Waals surface area contributed by atoms with Gasteiger partial charge in [-0.05, 0) is 31.9 Å². The Labute approximate surface area is 164 Å². The minimum Gasteiger partial charge on any atom is -0.383 e. The highest BCUT2D eigenvalue weighted by Gasteiger charge is 2.25. The molecule has 3 rings (SSSR count). The smallest absolute Gasteiger partial charge is 0.324 e. The topological polar surface area (TPSA) is 71.4 Å². The normalized spacial score (nSPS) is 16.9. The van der Waals surface area contributed by atoms with Gasteiger partial charge >= 0.3 is 6.03 Å². The van der Waals surface area contributed by atoms with Crippen LogP contribution in [0, 0.1) is 0 Å². The summed E-state index contributed by atoms with van der Waals surface area (Å²) in [6.07, 6.45) is 3.68. The standard InChI is InChI=1S/C19H26ClN5O2/c1-14(13-27-2)24-11-8-15(9-12-24)25-18(7-10-21-25)23-19(26)22-17-6-4-3-5-16(17)20/h3-7,10,14-15H,8-9,11-13H2,1-2H3,(H2,22,23,26)/t14-/m0/s1. The summed E-state index contributed by atoms with van der Waals surface area (Å²) in [6, 6.07) is 9.29. The lowest BCUT2D eigenvalue weighted by molar-refractivity contribution is 0.0737. The zero-order chi connectivity index (χ0) is 19.2. The van der Waals surface area contributed by atoms with E-state index in [1.807, 2.05) is 22.9 Å². The molecule has 1 atom stereocenters. The number of hydrogen-bond donors (Lipinski definition) is 2. The van der Waals surface area contributed by atoms with Crippen LogP contribution >= 0.6 is 11.6 Å². The summed E-state index contributed by atoms with van der Waals surface area (Å²) in [5, 5.41) is 10.6. The van der Waals surface area contributed by atoms with Gasteiger partial charge in [-0.1, -0.05) is 23.7 Å². The number of piperidine rings is 1. The summed E-state index contributed by atoms with van der Waals surface area (Å²) < 4.78 is 7.16. The number of hydrogen-bond acceptors (Lipinski definition) is 4. The van der Waals surface area contributed by atoms with Gasteiger partial charge in [-0.25, -0.2) is 9.48 Å². The molecule has 2 aromatic rings. The number of halogens is 1. The molecule has 2 N–H and O–H groups in total. The summed E-state index contributed by atoms with van der Waals surface area (Å²) in [7, 11) is 1.73. The molecule has 0 radical (unpaired) electrons. The van der Waals surface area contributed by atoms with Gasteiger partial charge in [0.2, 0.25) is 0 Å². The van der Waals surface area contributed by atoms with Gasteiger partial charge in [-0.2, -0.15) is 5.10 Å². The van der Waals surface area contributed by atoms with Gasteiger partial charge in [-0.3, -0.25) is 10.2 Å². The summed E-state index contributed by atoms with van der Waals surface area (Å²) in [4.78, 5) is 14.8. The van der Waals surface area contributed by atoms with Gasteiger partial charge < -0.3 is 10.1 Å². The van der Waals surface area contributed by atoms with Gasteiger partial charge in [0.1, 0.15) is 5.82 Å². The number of nitrogens with zero attached hydrogens (tertiary/aromatic N) is 3. The molecule has 1 saturated heterocycles. The van der Waals surface area contributed by atoms with Gasteiger partial charge in [0, 0.05) is 32.3 Å². The van der Waals surface area contributed by atoms with Crippen LogP contribution in [0.15, 0.2) is 36.5 Å². The number of methoxy groups -OCH3 is 1. The summed E-state index contributed by atoms with van der Waals surface area (Å²) >= 11 is 6.09. The molecule has 1 aliphatic heterocycles. The molecular formula is C19H26ClN5O2. The van der Waals surface area contributed by atoms with Crippen molar-refractivity contribution in [2.75, 3.05) is 37.4 Å². The maximum Gasteiger partial charge on any atom is 0.324 e. The number of nitrogens with one attached hydrogen (secondary N) is 2. The van der Waals surface area contributed by atoms with Crippen molar-refractivity contribution in [1.82, 2.24) is 14.7 Å². The number of aromatic nitrogens is 2. The average Bonchev–Trinajstić information content (AvgIpc) is 3.12. The molecule has 7 nitrogen and oxygen atoms in total. The largest absolute Gasteiger partial charge is 0.383 e. The second kappa shape index (κ2) is 9.21. The molecule has 1 fully saturated rings. The van der Waals surface area contributed by atoms with Gasteiger partial charge in [0.05, 0.1) is 29.6 Å². The lowest BCUT2D eigenvalue weighted by Crippen LogP contribution is -2.42. The third kappa shape index (κ3) is 5.00. The number of para-hydroxylation sites is 1. The molecule has 2 heterocycles. The van der Waals surface area contributed by atoms with E-state index in [9.17, 15) is 4.79 Å². The Morgan fingerprint density at radius 2 is 2.04 bits per heavy atom. The number of likely N-dealkylation sites (tertiary alicyclic amines) is 1. The van der Waals surface area contributed by atoms with E-state index in [1.165, 1.54) is 0 Å². The van der Waals surface area contributed by atoms with E-state index in [0.717, 1.165) is 32.5 Å². The summed E-state index contributed by atoms with van der Waals surface area (Å²) in [5.74, 6) is 0.683. The van der Waals surface area contributed by atoms with Crippen molar-refractivity contribution in [1.29, 1.82) is 0 Å². The van der Waals surface area contributed by atoms with Gasteiger partial charge in [0.25, 0.3) is 0 Å². The second-order valence-corrected chi connectivity index (χ2v) is 7.20. The zero-order valence-electron chi connectivity index (χ0n) is 15.7. The van der Waals surface area contributed by atoms with E-state index >= 15 is 0 Å². The van der Waals surface area contributed by atoms with Crippen molar-refractivity contribution in [2.24, 2.45) is 0 Å². The van der Waals surface area contributed by atoms with E-state index in [2.05, 4.69) is 27.6 Å². The van der Waals surface area contributed by atoms with E-state index < -0.39 is 0 Å². The molecule has 0 saturated carbocycles. The SMILES string of the molecule is COC[C@H](C)N1CCC(n2nccc2NC(=O)Nc2ccccc2Cl)CC1. The van der Waals surface area contributed by atoms with Crippen molar-refractivity contribution >= 4 is 29.1 Å². The fourth-order valence-electron chi connectivity index (χ4n) is 3.45. The van der Waals surface area contributed by atoms with Crippen molar-refractivity contribution < 1.29 is 9.53 Å². The van der Waals surface area contributed by atoms with Gasteiger partial charge in [0.15, 0.2) is 0 Å². The Kier molecular flexibility index (Phi) is 6.71. The van der Waals surface area contributed by atoms with E-state index in [-0.39, 0.29) is 12.1 Å². The van der Waals surface area contributed by atoms with Crippen molar-refractivity contribution in [2.45, 2.75) is 31.8 Å². The van der Waals surface area contributed by atoms with Crippen LogP contribution in [0.1, 0.15) is 25.8 Å². The molecule has 1 aromatic carbocycles. The van der Waals surface area contributed by atoms with Crippen LogP contribution in [0.5, 0.6) is 0 Å². The van der Waals surface area contributed by atoms with Crippen LogP contribution in [0.4, 0.5) is 16.3 Å². The van der Waals surface area contributed by atoms with Crippen LogP contribution in [0.3, 0.4) is 0 Å². The van der Waals surface area contributed by atoms with Crippen LogP contribution in [-0.4, -0.2) is 53.6 Å². The minimum absolute atomic E-state index is 0.265. The minimum atomic E-state index is -0.337. The molecule has 2 amide bonds. The lowest BCUT2D eigenvalue weighted by atomic mass is 10.0. The Bertz CT molecular complexity index is 758. The molecule has 1 aliphatic rings. The number of carbonyl (C=O) groups is 1. The summed E-state index contributed by atoms with van der Waals surface area (Å²) in [5.41, 5.74) is 0.572. The number of rotatable bonds is 6. The highest BCUT2D eigenvalue weighted by atomic mass is 35.5. The predicted octanol–water partition coefficient (Wildman–Crippen LogP) is 3.85. The molecule has 146 valence electrons. The van der Waals surface area contributed by atoms with E-state index in [0.29, 0.717) is 22.6 Å². The highest BCUT2D eigenvalue weighted by molar-refractivity contribution is 6.33. The maximum atomic E-state index is 12.3. The molecular weight excluding hydrogens is 366 g/mol. The van der Waals surface area contributed by atoms with Crippen LogP contribution in [0.2, 0.25) is 5.02 Å². The summed E-state index contributed by atoms with van der Waals surface area (Å²) in [6.45, 7) is 4.89. The molecule has 0 aliphatic carbocycles. The van der Waals surface area contributed by atoms with Gasteiger partial charge in [-0.15, -0.1) is 0 Å². The van der Waals surface area contributed by atoms with Crippen molar-refractivity contribution in [3.63, 3.8) is 0 Å². The molecule has 8 heteroatoms. The molecule has 0 unspecified atom stereocenters. The Morgan fingerprint density at radius 3 is 2.74 bits per heavy atom. The van der Waals surface area contributed by atoms with Crippen molar-refractivity contribution in [3.05, 3.63) is 41.6 Å². The maximum absolute atomic E-state index is 12.3. The second-order valence-electron chi connectivity index (χ2n) is 6.79. The first-order valence-electron chi connectivity index (χ1n) is 9.17. The van der Waals surface area contributed by atoms with Crippen LogP contribution < -0.4 is 10.6 Å². The number of amides is 2.